The van der Waals surface area contributed by atoms with Gasteiger partial charge in [-0.1, -0.05) is 188 Å². The molecule has 0 atom stereocenters. The van der Waals surface area contributed by atoms with Crippen molar-refractivity contribution in [2.75, 3.05) is 0 Å². The molecule has 0 fully saturated rings. The van der Waals surface area contributed by atoms with Crippen molar-refractivity contribution in [3.8, 4) is 73.2 Å². The van der Waals surface area contributed by atoms with Gasteiger partial charge in [0, 0.05) is 49.2 Å². The van der Waals surface area contributed by atoms with E-state index in [1.165, 1.54) is 21.9 Å². The van der Waals surface area contributed by atoms with Gasteiger partial charge in [-0.25, -0.2) is 15.0 Å². The van der Waals surface area contributed by atoms with Gasteiger partial charge in [0.15, 0.2) is 17.5 Å². The van der Waals surface area contributed by atoms with Crippen molar-refractivity contribution in [3.63, 3.8) is 0 Å². The van der Waals surface area contributed by atoms with Crippen molar-refractivity contribution in [3.05, 3.63) is 231 Å². The first kappa shape index (κ1) is 38.8. The zero-order chi connectivity index (χ0) is 45.4. The second kappa shape index (κ2) is 15.6. The van der Waals surface area contributed by atoms with E-state index in [2.05, 4.69) is 187 Å². The molecule has 0 aliphatic carbocycles. The second-order valence-electron chi connectivity index (χ2n) is 17.5. The summed E-state index contributed by atoms with van der Waals surface area (Å²) in [4.78, 5) is 15.4. The Kier molecular flexibility index (Phi) is 8.79. The normalized spacial score (nSPS) is 11.8. The molecule has 14 rings (SSSR count). The molecular formula is C63H38N4O2. The summed E-state index contributed by atoms with van der Waals surface area (Å²) >= 11 is 0. The van der Waals surface area contributed by atoms with Crippen LogP contribution in [0.5, 0.6) is 0 Å². The lowest BCUT2D eigenvalue weighted by molar-refractivity contribution is 0.668. The van der Waals surface area contributed by atoms with Gasteiger partial charge in [0.1, 0.15) is 22.3 Å². The molecule has 6 heteroatoms. The standard InChI is InChI=1S/C63H38N4O2/c1-4-16-39(17-5-1)41-32-34-43(35-33-41)62-64-61(42-20-8-3-9-21-42)65-63(66-62)49-26-14-29-54-57(49)48-25-12-24-47(60(48)69-54)46-23-13-30-55-58(46)59-53(28-15-31-56(59)68-55)67-51-27-11-10-22-45(51)50-38-44(36-37-52(50)67)40-18-6-2-7-19-40/h1-38H. The molecule has 6 nitrogen and oxygen atoms in total. The smallest absolute Gasteiger partial charge is 0.164 e. The zero-order valence-electron chi connectivity index (χ0n) is 37.0. The highest BCUT2D eigenvalue weighted by atomic mass is 16.3. The molecule has 0 radical (unpaired) electrons. The van der Waals surface area contributed by atoms with Crippen molar-refractivity contribution in [1.29, 1.82) is 0 Å². The third-order valence-corrected chi connectivity index (χ3v) is 13.5. The Morgan fingerprint density at radius 2 is 0.783 bits per heavy atom. The number of aromatic nitrogens is 4. The predicted octanol–water partition coefficient (Wildman–Crippen LogP) is 16.8. The highest BCUT2D eigenvalue weighted by molar-refractivity contribution is 6.21. The van der Waals surface area contributed by atoms with Crippen LogP contribution in [0.25, 0.3) is 139 Å². The van der Waals surface area contributed by atoms with E-state index in [0.29, 0.717) is 17.5 Å². The van der Waals surface area contributed by atoms with Crippen molar-refractivity contribution in [1.82, 2.24) is 19.5 Å². The van der Waals surface area contributed by atoms with E-state index < -0.39 is 0 Å². The molecule has 0 aliphatic heterocycles. The zero-order valence-corrected chi connectivity index (χ0v) is 37.0. The first-order chi connectivity index (χ1) is 34.2. The van der Waals surface area contributed by atoms with Gasteiger partial charge in [-0.2, -0.15) is 0 Å². The van der Waals surface area contributed by atoms with E-state index in [0.717, 1.165) is 99.5 Å². The van der Waals surface area contributed by atoms with Crippen LogP contribution in [0.3, 0.4) is 0 Å². The fourth-order valence-corrected chi connectivity index (χ4v) is 10.3. The van der Waals surface area contributed by atoms with Crippen molar-refractivity contribution in [2.45, 2.75) is 0 Å². The number of furan rings is 2. The Hall–Kier alpha value is -9.39. The van der Waals surface area contributed by atoms with Crippen LogP contribution in [0.15, 0.2) is 239 Å². The van der Waals surface area contributed by atoms with Crippen LogP contribution in [0.1, 0.15) is 0 Å². The van der Waals surface area contributed by atoms with Crippen LogP contribution in [0, 0.1) is 0 Å². The summed E-state index contributed by atoms with van der Waals surface area (Å²) in [6.07, 6.45) is 0. The first-order valence-corrected chi connectivity index (χ1v) is 23.2. The van der Waals surface area contributed by atoms with E-state index in [-0.39, 0.29) is 0 Å². The van der Waals surface area contributed by atoms with Gasteiger partial charge in [-0.05, 0) is 70.3 Å². The van der Waals surface area contributed by atoms with Crippen LogP contribution in [-0.4, -0.2) is 19.5 Å². The molecule has 14 aromatic rings. The van der Waals surface area contributed by atoms with E-state index in [1.807, 2.05) is 48.5 Å². The molecule has 322 valence electrons. The van der Waals surface area contributed by atoms with Crippen LogP contribution < -0.4 is 0 Å². The third-order valence-electron chi connectivity index (χ3n) is 13.5. The van der Waals surface area contributed by atoms with E-state index in [1.54, 1.807) is 0 Å². The maximum atomic E-state index is 6.98. The average molecular weight is 883 g/mol. The molecule has 4 heterocycles. The highest BCUT2D eigenvalue weighted by Gasteiger charge is 2.24. The average Bonchev–Trinajstić information content (AvgIpc) is 4.11. The topological polar surface area (TPSA) is 69.9 Å². The SMILES string of the molecule is c1ccc(-c2ccc(-c3nc(-c4ccccc4)nc(-c4cccc5oc6c(-c7cccc8oc9cccc(-n%10c%11ccccc%11c%11cc(-c%12ccccc%12)ccc%11%10)c9c78)cccc6c45)n3)cc2)cc1. The molecule has 0 saturated carbocycles. The van der Waals surface area contributed by atoms with Crippen LogP contribution in [0.2, 0.25) is 0 Å². The minimum atomic E-state index is 0.569. The van der Waals surface area contributed by atoms with Gasteiger partial charge < -0.3 is 13.4 Å². The van der Waals surface area contributed by atoms with Gasteiger partial charge in [0.25, 0.3) is 0 Å². The molecule has 4 aromatic heterocycles. The molecule has 0 N–H and O–H groups in total. The molecule has 0 bridgehead atoms. The number of hydrogen-bond donors (Lipinski definition) is 0. The molecule has 0 aliphatic rings. The number of nitrogens with zero attached hydrogens (tertiary/aromatic N) is 4. The molecule has 0 saturated heterocycles. The number of hydrogen-bond acceptors (Lipinski definition) is 5. The molecule has 0 amide bonds. The maximum Gasteiger partial charge on any atom is 0.164 e. The van der Waals surface area contributed by atoms with E-state index in [9.17, 15) is 0 Å². The van der Waals surface area contributed by atoms with Crippen molar-refractivity contribution in [2.24, 2.45) is 0 Å². The molecule has 0 unspecified atom stereocenters. The summed E-state index contributed by atoms with van der Waals surface area (Å²) in [6, 6.07) is 80.2. The molecular weight excluding hydrogens is 845 g/mol. The summed E-state index contributed by atoms with van der Waals surface area (Å²) in [5.74, 6) is 1.76. The monoisotopic (exact) mass is 882 g/mol. The Labute approximate surface area is 396 Å². The first-order valence-electron chi connectivity index (χ1n) is 23.2. The largest absolute Gasteiger partial charge is 0.456 e. The van der Waals surface area contributed by atoms with Gasteiger partial charge in [-0.15, -0.1) is 0 Å². The Bertz CT molecular complexity index is 4290. The summed E-state index contributed by atoms with van der Waals surface area (Å²) in [6.45, 7) is 0. The lowest BCUT2D eigenvalue weighted by Gasteiger charge is -2.11. The number of benzene rings is 10. The summed E-state index contributed by atoms with van der Waals surface area (Å²) in [7, 11) is 0. The van der Waals surface area contributed by atoms with Gasteiger partial charge >= 0.3 is 0 Å². The highest BCUT2D eigenvalue weighted by Crippen LogP contribution is 2.46. The van der Waals surface area contributed by atoms with Crippen molar-refractivity contribution < 1.29 is 8.83 Å². The summed E-state index contributed by atoms with van der Waals surface area (Å²) in [5.41, 5.74) is 15.8. The lowest BCUT2D eigenvalue weighted by atomic mass is 9.96. The molecule has 69 heavy (non-hydrogen) atoms. The summed E-state index contributed by atoms with van der Waals surface area (Å²) in [5, 5.41) is 6.36. The number of rotatable bonds is 7. The van der Waals surface area contributed by atoms with E-state index in [4.69, 9.17) is 23.8 Å². The lowest BCUT2D eigenvalue weighted by Crippen LogP contribution is -2.00. The minimum absolute atomic E-state index is 0.569. The third kappa shape index (κ3) is 6.30. The van der Waals surface area contributed by atoms with Crippen LogP contribution in [0.4, 0.5) is 0 Å². The second-order valence-corrected chi connectivity index (χ2v) is 17.5. The number of para-hydroxylation sites is 2. The minimum Gasteiger partial charge on any atom is -0.456 e. The van der Waals surface area contributed by atoms with Crippen molar-refractivity contribution >= 4 is 65.7 Å². The van der Waals surface area contributed by atoms with E-state index >= 15 is 0 Å². The Balaban J connectivity index is 0.955. The Morgan fingerprint density at radius 1 is 0.290 bits per heavy atom. The fourth-order valence-electron chi connectivity index (χ4n) is 10.3. The quantitative estimate of drug-likeness (QED) is 0.159. The predicted molar refractivity (Wildman–Crippen MR) is 281 cm³/mol. The van der Waals surface area contributed by atoms with Gasteiger partial charge in [-0.3, -0.25) is 0 Å². The van der Waals surface area contributed by atoms with Crippen LogP contribution >= 0.6 is 0 Å². The van der Waals surface area contributed by atoms with Crippen LogP contribution in [-0.2, 0) is 0 Å². The molecule has 10 aromatic carbocycles. The maximum absolute atomic E-state index is 6.98. The van der Waals surface area contributed by atoms with Gasteiger partial charge in [0.2, 0.25) is 0 Å². The number of fused-ring (bicyclic) bond motifs is 9. The summed E-state index contributed by atoms with van der Waals surface area (Å²) < 4.78 is 16.1. The van der Waals surface area contributed by atoms with Gasteiger partial charge in [0.05, 0.1) is 22.1 Å². The Morgan fingerprint density at radius 3 is 1.52 bits per heavy atom. The molecule has 0 spiro atoms. The fraction of sp³-hybridized carbons (Fsp3) is 0.